The molecule has 4 rings (SSSR count). The van der Waals surface area contributed by atoms with Crippen molar-refractivity contribution in [2.24, 2.45) is 0 Å². The zero-order valence-corrected chi connectivity index (χ0v) is 28.9. The molecule has 0 aliphatic rings. The van der Waals surface area contributed by atoms with Gasteiger partial charge in [-0.1, -0.05) is 81.4 Å². The second kappa shape index (κ2) is 14.3. The molecule has 1 amide bonds. The number of amides is 1. The number of fused-ring (bicyclic) bond motifs is 1. The molecule has 4 N–H and O–H groups in total. The molecule has 1 atom stereocenters. The van der Waals surface area contributed by atoms with E-state index in [0.29, 0.717) is 24.2 Å². The number of rotatable bonds is 13. The van der Waals surface area contributed by atoms with E-state index in [2.05, 4.69) is 94.7 Å². The van der Waals surface area contributed by atoms with E-state index in [-0.39, 0.29) is 34.9 Å². The van der Waals surface area contributed by atoms with Crippen LogP contribution >= 0.6 is 0 Å². The first-order valence-corrected chi connectivity index (χ1v) is 18.8. The molecule has 6 nitrogen and oxygen atoms in total. The molecule has 0 radical (unpaired) electrons. The van der Waals surface area contributed by atoms with Gasteiger partial charge in [-0.3, -0.25) is 4.79 Å². The first-order valence-electron chi connectivity index (χ1n) is 15.9. The minimum absolute atomic E-state index is 0.0218. The topological polar surface area (TPSA) is 90.8 Å². The number of phenols is 1. The van der Waals surface area contributed by atoms with Crippen molar-refractivity contribution < 1.29 is 19.4 Å². The average molecular weight is 627 g/mol. The Hall–Kier alpha value is -3.49. The molecule has 0 unspecified atom stereocenters. The van der Waals surface area contributed by atoms with Crippen LogP contribution in [0.5, 0.6) is 5.75 Å². The van der Waals surface area contributed by atoms with E-state index in [1.807, 2.05) is 42.5 Å². The number of hydrogen-bond donors (Lipinski definition) is 4. The number of hydrogen-bond acceptors (Lipinski definition) is 5. The summed E-state index contributed by atoms with van der Waals surface area (Å²) in [6.07, 6.45) is 1.23. The van der Waals surface area contributed by atoms with Crippen molar-refractivity contribution in [2.75, 3.05) is 13.1 Å². The Labute approximate surface area is 270 Å². The standard InChI is InChI=1S/C38H50N2O4Si/c1-37(2,3)45(6,7)44-35(31-17-18-34(42)33(23-31)26-41)25-40-38(4,5)24-28-11-10-14-32(22-28)36(43)39-20-19-27-15-16-29-12-8-9-13-30(29)21-27/h8-18,21-23,35,40-42H,19-20,24-26H2,1-7H3,(H,39,43)/t35-/m1/s1. The maximum Gasteiger partial charge on any atom is 0.251 e. The van der Waals surface area contributed by atoms with Crippen LogP contribution in [0.15, 0.2) is 84.9 Å². The van der Waals surface area contributed by atoms with Gasteiger partial charge in [-0.2, -0.15) is 0 Å². The lowest BCUT2D eigenvalue weighted by molar-refractivity contribution is 0.0954. The third-order valence-electron chi connectivity index (χ3n) is 9.00. The summed E-state index contributed by atoms with van der Waals surface area (Å²) in [5.74, 6) is 0.0106. The third kappa shape index (κ3) is 9.27. The van der Waals surface area contributed by atoms with Gasteiger partial charge in [-0.05, 0) is 96.5 Å². The first kappa shape index (κ1) is 34.4. The maximum atomic E-state index is 13.1. The normalized spacial score (nSPS) is 13.2. The number of aliphatic hydroxyl groups excluding tert-OH is 1. The van der Waals surface area contributed by atoms with Gasteiger partial charge in [-0.25, -0.2) is 0 Å². The molecule has 0 heterocycles. The number of carbonyl (C=O) groups is 1. The fourth-order valence-electron chi connectivity index (χ4n) is 5.27. The first-order chi connectivity index (χ1) is 21.2. The van der Waals surface area contributed by atoms with Crippen molar-refractivity contribution in [3.63, 3.8) is 0 Å². The lowest BCUT2D eigenvalue weighted by Gasteiger charge is -2.40. The number of aromatic hydroxyl groups is 1. The molecule has 0 aromatic heterocycles. The summed E-state index contributed by atoms with van der Waals surface area (Å²) in [5.41, 5.74) is 4.05. The minimum Gasteiger partial charge on any atom is -0.508 e. The van der Waals surface area contributed by atoms with Crippen LogP contribution in [0.4, 0.5) is 0 Å². The molecule has 0 fully saturated rings. The molecule has 4 aromatic rings. The fourth-order valence-corrected chi connectivity index (χ4v) is 6.56. The average Bonchev–Trinajstić information content (AvgIpc) is 2.98. The summed E-state index contributed by atoms with van der Waals surface area (Å²) in [6, 6.07) is 27.9. The molecule has 0 aliphatic heterocycles. The van der Waals surface area contributed by atoms with Gasteiger partial charge in [0.2, 0.25) is 0 Å². The van der Waals surface area contributed by atoms with Crippen LogP contribution in [0.25, 0.3) is 10.8 Å². The summed E-state index contributed by atoms with van der Waals surface area (Å²) in [7, 11) is -2.14. The third-order valence-corrected chi connectivity index (χ3v) is 13.5. The highest BCUT2D eigenvalue weighted by molar-refractivity contribution is 6.74. The van der Waals surface area contributed by atoms with Gasteiger partial charge in [0, 0.05) is 29.8 Å². The minimum atomic E-state index is -2.14. The molecule has 0 bridgehead atoms. The quantitative estimate of drug-likeness (QED) is 0.114. The Morgan fingerprint density at radius 1 is 0.867 bits per heavy atom. The Morgan fingerprint density at radius 3 is 2.31 bits per heavy atom. The highest BCUT2D eigenvalue weighted by Crippen LogP contribution is 2.40. The van der Waals surface area contributed by atoms with Gasteiger partial charge in [-0.15, -0.1) is 0 Å². The predicted octanol–water partition coefficient (Wildman–Crippen LogP) is 7.68. The van der Waals surface area contributed by atoms with E-state index in [0.717, 1.165) is 24.0 Å². The maximum absolute atomic E-state index is 13.1. The van der Waals surface area contributed by atoms with Gasteiger partial charge in [0.15, 0.2) is 8.32 Å². The van der Waals surface area contributed by atoms with Crippen LogP contribution in [-0.2, 0) is 23.9 Å². The molecule has 7 heteroatoms. The summed E-state index contributed by atoms with van der Waals surface area (Å²) in [6.45, 7) is 16.3. The molecular formula is C38H50N2O4Si. The van der Waals surface area contributed by atoms with E-state index < -0.39 is 8.32 Å². The summed E-state index contributed by atoms with van der Waals surface area (Å²) >= 11 is 0. The summed E-state index contributed by atoms with van der Waals surface area (Å²) in [5, 5.41) is 29.2. The van der Waals surface area contributed by atoms with Crippen molar-refractivity contribution in [2.45, 2.75) is 83.8 Å². The lowest BCUT2D eigenvalue weighted by Crippen LogP contribution is -2.47. The second-order valence-corrected chi connectivity index (χ2v) is 19.0. The Bertz CT molecular complexity index is 1610. The van der Waals surface area contributed by atoms with Crippen LogP contribution in [0, 0.1) is 0 Å². The molecule has 45 heavy (non-hydrogen) atoms. The molecule has 4 aromatic carbocycles. The largest absolute Gasteiger partial charge is 0.508 e. The zero-order valence-electron chi connectivity index (χ0n) is 27.9. The second-order valence-electron chi connectivity index (χ2n) is 14.2. The number of benzene rings is 4. The van der Waals surface area contributed by atoms with E-state index in [9.17, 15) is 15.0 Å². The SMILES string of the molecule is CC(C)(Cc1cccc(C(=O)NCCc2ccc3ccccc3c2)c1)NC[C@@H](O[Si](C)(C)C(C)(C)C)c1ccc(O)c(CO)c1. The van der Waals surface area contributed by atoms with Crippen LogP contribution < -0.4 is 10.6 Å². The zero-order chi connectivity index (χ0) is 32.8. The number of carbonyl (C=O) groups excluding carboxylic acids is 1. The van der Waals surface area contributed by atoms with E-state index in [1.165, 1.54) is 16.3 Å². The highest BCUT2D eigenvalue weighted by Gasteiger charge is 2.39. The van der Waals surface area contributed by atoms with Crippen molar-refractivity contribution in [3.8, 4) is 5.75 Å². The van der Waals surface area contributed by atoms with Crippen LogP contribution in [0.1, 0.15) is 73.3 Å². The summed E-state index contributed by atoms with van der Waals surface area (Å²) in [4.78, 5) is 13.1. The Kier molecular flexibility index (Phi) is 10.9. The van der Waals surface area contributed by atoms with Gasteiger partial charge < -0.3 is 25.3 Å². The van der Waals surface area contributed by atoms with Crippen LogP contribution in [0.2, 0.25) is 18.1 Å². The van der Waals surface area contributed by atoms with Crippen LogP contribution in [-0.4, -0.2) is 43.1 Å². The van der Waals surface area contributed by atoms with Crippen molar-refractivity contribution in [3.05, 3.63) is 113 Å². The van der Waals surface area contributed by atoms with Crippen molar-refractivity contribution in [1.29, 1.82) is 0 Å². The molecule has 0 saturated carbocycles. The molecular weight excluding hydrogens is 577 g/mol. The van der Waals surface area contributed by atoms with Gasteiger partial charge in [0.25, 0.3) is 5.91 Å². The van der Waals surface area contributed by atoms with E-state index >= 15 is 0 Å². The van der Waals surface area contributed by atoms with E-state index in [4.69, 9.17) is 4.43 Å². The molecule has 0 saturated heterocycles. The smallest absolute Gasteiger partial charge is 0.251 e. The van der Waals surface area contributed by atoms with Crippen molar-refractivity contribution >= 4 is 25.0 Å². The Morgan fingerprint density at radius 2 is 1.60 bits per heavy atom. The van der Waals surface area contributed by atoms with Gasteiger partial charge >= 0.3 is 0 Å². The van der Waals surface area contributed by atoms with Gasteiger partial charge in [0.1, 0.15) is 5.75 Å². The predicted molar refractivity (Wildman–Crippen MR) is 187 cm³/mol. The molecule has 240 valence electrons. The molecule has 0 spiro atoms. The number of nitrogens with one attached hydrogen (secondary N) is 2. The van der Waals surface area contributed by atoms with Crippen molar-refractivity contribution in [1.82, 2.24) is 10.6 Å². The summed E-state index contributed by atoms with van der Waals surface area (Å²) < 4.78 is 6.87. The van der Waals surface area contributed by atoms with E-state index in [1.54, 1.807) is 6.07 Å². The van der Waals surface area contributed by atoms with Gasteiger partial charge in [0.05, 0.1) is 12.7 Å². The van der Waals surface area contributed by atoms with Crippen LogP contribution in [0.3, 0.4) is 0 Å². The number of aliphatic hydroxyl groups is 1. The lowest BCUT2D eigenvalue weighted by atomic mass is 9.93. The molecule has 0 aliphatic carbocycles. The Balaban J connectivity index is 1.39. The fraction of sp³-hybridized carbons (Fsp3) is 0.395. The highest BCUT2D eigenvalue weighted by atomic mass is 28.4. The monoisotopic (exact) mass is 626 g/mol.